The zero-order valence-electron chi connectivity index (χ0n) is 15.9. The number of benzene rings is 1. The van der Waals surface area contributed by atoms with E-state index in [0.29, 0.717) is 30.2 Å². The SMILES string of the molecule is CC(C)CN[P@@](=O)(O[C@@H]1C[C@H](C)CC[C@@H]1C(C)C)c1ccccc1. The minimum Gasteiger partial charge on any atom is -0.311 e. The van der Waals surface area contributed by atoms with Crippen LogP contribution in [0.2, 0.25) is 0 Å². The first kappa shape index (κ1) is 19.7. The molecule has 3 nitrogen and oxygen atoms in total. The van der Waals surface area contributed by atoms with Crippen molar-refractivity contribution in [3.8, 4) is 0 Å². The van der Waals surface area contributed by atoms with Crippen LogP contribution in [0, 0.1) is 23.7 Å². The van der Waals surface area contributed by atoms with E-state index in [1.165, 1.54) is 12.8 Å². The van der Waals surface area contributed by atoms with Gasteiger partial charge in [0, 0.05) is 6.54 Å². The zero-order chi connectivity index (χ0) is 17.7. The molecule has 1 aliphatic carbocycles. The van der Waals surface area contributed by atoms with Crippen molar-refractivity contribution in [2.75, 3.05) is 6.54 Å². The molecule has 0 radical (unpaired) electrons. The summed E-state index contributed by atoms with van der Waals surface area (Å²) < 4.78 is 20.1. The molecule has 0 aliphatic heterocycles. The molecule has 24 heavy (non-hydrogen) atoms. The second-order valence-corrected chi connectivity index (χ2v) is 10.3. The van der Waals surface area contributed by atoms with Crippen LogP contribution in [0.5, 0.6) is 0 Å². The lowest BCUT2D eigenvalue weighted by Gasteiger charge is -2.39. The van der Waals surface area contributed by atoms with Gasteiger partial charge in [0.2, 0.25) is 0 Å². The quantitative estimate of drug-likeness (QED) is 0.684. The average Bonchev–Trinajstić information content (AvgIpc) is 2.53. The third kappa shape index (κ3) is 5.18. The van der Waals surface area contributed by atoms with Gasteiger partial charge in [-0.1, -0.05) is 59.2 Å². The maximum absolute atomic E-state index is 13.7. The second kappa shape index (κ2) is 8.65. The van der Waals surface area contributed by atoms with E-state index in [4.69, 9.17) is 4.52 Å². The van der Waals surface area contributed by atoms with Crippen LogP contribution >= 0.6 is 7.52 Å². The Balaban J connectivity index is 2.24. The van der Waals surface area contributed by atoms with E-state index in [0.717, 1.165) is 11.7 Å². The number of rotatable bonds is 7. The highest BCUT2D eigenvalue weighted by Gasteiger charge is 2.37. The van der Waals surface area contributed by atoms with Crippen LogP contribution in [0.3, 0.4) is 0 Å². The molecule has 0 aromatic heterocycles. The van der Waals surface area contributed by atoms with Crippen molar-refractivity contribution in [3.63, 3.8) is 0 Å². The van der Waals surface area contributed by atoms with Crippen LogP contribution in [-0.2, 0) is 9.09 Å². The van der Waals surface area contributed by atoms with Gasteiger partial charge in [0.25, 0.3) is 7.52 Å². The molecule has 0 bridgehead atoms. The fourth-order valence-corrected chi connectivity index (χ4v) is 5.72. The molecule has 0 unspecified atom stereocenters. The van der Waals surface area contributed by atoms with Crippen LogP contribution < -0.4 is 10.4 Å². The predicted molar refractivity (Wildman–Crippen MR) is 103 cm³/mol. The topological polar surface area (TPSA) is 38.3 Å². The van der Waals surface area contributed by atoms with Crippen molar-refractivity contribution in [1.82, 2.24) is 5.09 Å². The Morgan fingerprint density at radius 3 is 2.42 bits per heavy atom. The molecule has 0 heterocycles. The van der Waals surface area contributed by atoms with Crippen LogP contribution in [0.1, 0.15) is 53.9 Å². The van der Waals surface area contributed by atoms with Crippen LogP contribution in [-0.4, -0.2) is 12.6 Å². The summed E-state index contributed by atoms with van der Waals surface area (Å²) in [5, 5.41) is 4.05. The summed E-state index contributed by atoms with van der Waals surface area (Å²) >= 11 is 0. The maximum Gasteiger partial charge on any atom is 0.299 e. The van der Waals surface area contributed by atoms with Gasteiger partial charge in [0.1, 0.15) is 0 Å². The number of nitrogens with one attached hydrogen (secondary N) is 1. The molecule has 4 atom stereocenters. The van der Waals surface area contributed by atoms with E-state index in [1.54, 1.807) is 0 Å². The highest BCUT2D eigenvalue weighted by Crippen LogP contribution is 2.48. The summed E-state index contributed by atoms with van der Waals surface area (Å²) in [6, 6.07) is 9.67. The van der Waals surface area contributed by atoms with Gasteiger partial charge in [-0.3, -0.25) is 4.57 Å². The third-order valence-corrected chi connectivity index (χ3v) is 7.19. The predicted octanol–water partition coefficient (Wildman–Crippen LogP) is 5.23. The zero-order valence-corrected chi connectivity index (χ0v) is 16.8. The Morgan fingerprint density at radius 2 is 1.83 bits per heavy atom. The molecule has 1 N–H and O–H groups in total. The molecule has 1 aliphatic rings. The van der Waals surface area contributed by atoms with Crippen molar-refractivity contribution in [3.05, 3.63) is 30.3 Å². The minimum atomic E-state index is -3.05. The van der Waals surface area contributed by atoms with Crippen molar-refractivity contribution in [1.29, 1.82) is 0 Å². The van der Waals surface area contributed by atoms with Crippen molar-refractivity contribution >= 4 is 12.8 Å². The summed E-state index contributed by atoms with van der Waals surface area (Å²) in [5.41, 5.74) is 0. The molecule has 0 spiro atoms. The van der Waals surface area contributed by atoms with E-state index in [2.05, 4.69) is 39.7 Å². The Labute approximate surface area is 148 Å². The molecule has 4 heteroatoms. The molecule has 1 aromatic carbocycles. The van der Waals surface area contributed by atoms with Gasteiger partial charge >= 0.3 is 0 Å². The molecule has 2 rings (SSSR count). The number of hydrogen-bond acceptors (Lipinski definition) is 2. The summed E-state index contributed by atoms with van der Waals surface area (Å²) in [7, 11) is -3.05. The van der Waals surface area contributed by atoms with Gasteiger partial charge in [0.15, 0.2) is 0 Å². The molecule has 0 amide bonds. The van der Waals surface area contributed by atoms with Crippen LogP contribution in [0.4, 0.5) is 0 Å². The van der Waals surface area contributed by atoms with Gasteiger partial charge in [-0.15, -0.1) is 0 Å². The standard InChI is InChI=1S/C20H34NO2P/c1-15(2)14-21-24(22,18-9-7-6-8-10-18)23-20-13-17(5)11-12-19(20)16(3)4/h6-10,15-17,19-20H,11-14H2,1-5H3,(H,21,22)/t17-,19-,20-,24+/m1/s1. The first-order chi connectivity index (χ1) is 11.3. The lowest BCUT2D eigenvalue weighted by Crippen LogP contribution is -2.37. The monoisotopic (exact) mass is 351 g/mol. The Hall–Kier alpha value is -0.630. The smallest absolute Gasteiger partial charge is 0.299 e. The largest absolute Gasteiger partial charge is 0.311 e. The van der Waals surface area contributed by atoms with Gasteiger partial charge in [-0.2, -0.15) is 0 Å². The molecular weight excluding hydrogens is 317 g/mol. The second-order valence-electron chi connectivity index (χ2n) is 8.11. The van der Waals surface area contributed by atoms with Gasteiger partial charge in [-0.25, -0.2) is 5.09 Å². The van der Waals surface area contributed by atoms with Crippen molar-refractivity contribution in [2.24, 2.45) is 23.7 Å². The first-order valence-electron chi connectivity index (χ1n) is 9.41. The highest BCUT2D eigenvalue weighted by molar-refractivity contribution is 7.65. The van der Waals surface area contributed by atoms with Crippen molar-refractivity contribution < 1.29 is 9.09 Å². The van der Waals surface area contributed by atoms with Gasteiger partial charge in [-0.05, 0) is 48.6 Å². The van der Waals surface area contributed by atoms with Crippen molar-refractivity contribution in [2.45, 2.75) is 60.0 Å². The van der Waals surface area contributed by atoms with E-state index in [-0.39, 0.29) is 6.10 Å². The molecular formula is C20H34NO2P. The fraction of sp³-hybridized carbons (Fsp3) is 0.700. The lowest BCUT2D eigenvalue weighted by atomic mass is 9.75. The molecule has 1 aromatic rings. The summed E-state index contributed by atoms with van der Waals surface area (Å²) in [5.74, 6) is 2.10. The van der Waals surface area contributed by atoms with E-state index < -0.39 is 7.52 Å². The van der Waals surface area contributed by atoms with Crippen LogP contribution in [0.15, 0.2) is 30.3 Å². The summed E-state index contributed by atoms with van der Waals surface area (Å²) in [6.45, 7) is 11.7. The minimum absolute atomic E-state index is 0.0689. The maximum atomic E-state index is 13.7. The van der Waals surface area contributed by atoms with Gasteiger partial charge in [0.05, 0.1) is 11.4 Å². The summed E-state index contributed by atoms with van der Waals surface area (Å²) in [6.07, 6.45) is 3.49. The van der Waals surface area contributed by atoms with E-state index in [9.17, 15) is 4.57 Å². The average molecular weight is 351 g/mol. The lowest BCUT2D eigenvalue weighted by molar-refractivity contribution is 0.0482. The first-order valence-corrected chi connectivity index (χ1v) is 11.0. The molecule has 1 fully saturated rings. The van der Waals surface area contributed by atoms with Gasteiger partial charge < -0.3 is 4.52 Å². The summed E-state index contributed by atoms with van der Waals surface area (Å²) in [4.78, 5) is 0. The van der Waals surface area contributed by atoms with Crippen LogP contribution in [0.25, 0.3) is 0 Å². The van der Waals surface area contributed by atoms with E-state index in [1.807, 2.05) is 30.3 Å². The Kier molecular flexibility index (Phi) is 7.10. The molecule has 136 valence electrons. The molecule has 1 saturated carbocycles. The fourth-order valence-electron chi connectivity index (χ4n) is 3.54. The Bertz CT molecular complexity index is 544. The normalized spacial score (nSPS) is 27.4. The third-order valence-electron chi connectivity index (χ3n) is 5.05. The van der Waals surface area contributed by atoms with E-state index >= 15 is 0 Å². The number of hydrogen-bond donors (Lipinski definition) is 1. The Morgan fingerprint density at radius 1 is 1.17 bits per heavy atom. The highest BCUT2D eigenvalue weighted by atomic mass is 31.2. The molecule has 0 saturated heterocycles.